The smallest absolute Gasteiger partial charge is 0.283 e. The number of amides is 2. The van der Waals surface area contributed by atoms with Crippen molar-refractivity contribution in [1.82, 2.24) is 0 Å². The Labute approximate surface area is 207 Å². The van der Waals surface area contributed by atoms with Gasteiger partial charge in [-0.1, -0.05) is 35.5 Å². The van der Waals surface area contributed by atoms with E-state index in [2.05, 4.69) is 5.32 Å². The zero-order chi connectivity index (χ0) is 24.4. The van der Waals surface area contributed by atoms with Gasteiger partial charge in [0.25, 0.3) is 11.8 Å². The van der Waals surface area contributed by atoms with E-state index in [-0.39, 0.29) is 10.6 Å². The average Bonchev–Trinajstić information content (AvgIpc) is 3.06. The molecule has 0 saturated heterocycles. The number of nitrogens with one attached hydrogen (secondary N) is 1. The van der Waals surface area contributed by atoms with Crippen LogP contribution in [0.1, 0.15) is 11.1 Å². The monoisotopic (exact) mass is 494 g/mol. The highest BCUT2D eigenvalue weighted by Gasteiger charge is 2.41. The Morgan fingerprint density at radius 2 is 1.65 bits per heavy atom. The molecular weight excluding hydrogens is 472 g/mol. The first kappa shape index (κ1) is 23.7. The van der Waals surface area contributed by atoms with Crippen LogP contribution < -0.4 is 19.7 Å². The Morgan fingerprint density at radius 3 is 2.32 bits per heavy atom. The van der Waals surface area contributed by atoms with E-state index < -0.39 is 11.8 Å². The highest BCUT2D eigenvalue weighted by molar-refractivity contribution is 8.04. The number of aryl methyl sites for hydroxylation is 1. The molecule has 0 atom stereocenters. The van der Waals surface area contributed by atoms with Gasteiger partial charge < -0.3 is 14.8 Å². The molecule has 1 heterocycles. The van der Waals surface area contributed by atoms with Gasteiger partial charge in [0, 0.05) is 16.0 Å². The highest BCUT2D eigenvalue weighted by atomic mass is 35.5. The number of nitrogens with zero attached hydrogens (tertiary/aromatic N) is 1. The molecule has 0 bridgehead atoms. The van der Waals surface area contributed by atoms with Crippen LogP contribution in [0.25, 0.3) is 0 Å². The SMILES string of the molecule is COc1ccc(NC2=C(Sc3ccc(Cl)cc3)C(=O)N(c3cccc(C)c3C)C2=O)c(OC)c1. The summed E-state index contributed by atoms with van der Waals surface area (Å²) >= 11 is 7.23. The van der Waals surface area contributed by atoms with Crippen molar-refractivity contribution in [1.29, 1.82) is 0 Å². The van der Waals surface area contributed by atoms with E-state index in [1.54, 1.807) is 43.5 Å². The van der Waals surface area contributed by atoms with E-state index in [9.17, 15) is 9.59 Å². The van der Waals surface area contributed by atoms with Crippen molar-refractivity contribution in [3.63, 3.8) is 0 Å². The fraction of sp³-hybridized carbons (Fsp3) is 0.154. The van der Waals surface area contributed by atoms with Gasteiger partial charge in [0.2, 0.25) is 0 Å². The Morgan fingerprint density at radius 1 is 0.912 bits per heavy atom. The van der Waals surface area contributed by atoms with Crippen molar-refractivity contribution < 1.29 is 19.1 Å². The molecule has 2 amide bonds. The van der Waals surface area contributed by atoms with Crippen molar-refractivity contribution in [3.05, 3.63) is 87.4 Å². The number of halogens is 1. The quantitative estimate of drug-likeness (QED) is 0.408. The fourth-order valence-corrected chi connectivity index (χ4v) is 4.62. The second-order valence-electron chi connectivity index (χ2n) is 7.62. The molecule has 4 rings (SSSR count). The summed E-state index contributed by atoms with van der Waals surface area (Å²) in [5.41, 5.74) is 3.13. The largest absolute Gasteiger partial charge is 0.497 e. The van der Waals surface area contributed by atoms with Gasteiger partial charge in [0.15, 0.2) is 0 Å². The summed E-state index contributed by atoms with van der Waals surface area (Å²) in [5, 5.41) is 3.74. The third kappa shape index (κ3) is 4.49. The maximum atomic E-state index is 13.6. The predicted molar refractivity (Wildman–Crippen MR) is 136 cm³/mol. The second kappa shape index (κ2) is 9.83. The minimum atomic E-state index is -0.437. The van der Waals surface area contributed by atoms with Gasteiger partial charge in [0.1, 0.15) is 22.1 Å². The first-order valence-electron chi connectivity index (χ1n) is 10.5. The molecule has 1 aliphatic heterocycles. The van der Waals surface area contributed by atoms with Crippen LogP contribution in [0.5, 0.6) is 11.5 Å². The molecule has 8 heteroatoms. The molecule has 0 aromatic heterocycles. The van der Waals surface area contributed by atoms with Crippen molar-refractivity contribution in [3.8, 4) is 11.5 Å². The zero-order valence-corrected chi connectivity index (χ0v) is 20.7. The lowest BCUT2D eigenvalue weighted by Crippen LogP contribution is -2.33. The summed E-state index contributed by atoms with van der Waals surface area (Å²) in [4.78, 5) is 29.5. The number of anilines is 2. The molecule has 1 N–H and O–H groups in total. The summed E-state index contributed by atoms with van der Waals surface area (Å²) in [6.45, 7) is 3.84. The Kier molecular flexibility index (Phi) is 6.86. The standard InChI is InChI=1S/C26H23ClN2O4S/c1-15-6-5-7-21(16(15)2)29-25(30)23(28-20-13-10-18(32-3)14-22(20)33-4)24(26(29)31)34-19-11-8-17(27)9-12-19/h5-14,28H,1-4H3. The van der Waals surface area contributed by atoms with Crippen LogP contribution in [0, 0.1) is 13.8 Å². The third-order valence-electron chi connectivity index (χ3n) is 5.56. The van der Waals surface area contributed by atoms with E-state index in [4.69, 9.17) is 21.1 Å². The number of thioether (sulfide) groups is 1. The van der Waals surface area contributed by atoms with E-state index >= 15 is 0 Å². The van der Waals surface area contributed by atoms with Crippen LogP contribution >= 0.6 is 23.4 Å². The van der Waals surface area contributed by atoms with Gasteiger partial charge in [-0.05, 0) is 67.4 Å². The molecule has 1 aliphatic rings. The molecule has 0 saturated carbocycles. The number of benzene rings is 3. The summed E-state index contributed by atoms with van der Waals surface area (Å²) in [6, 6.07) is 17.9. The predicted octanol–water partition coefficient (Wildman–Crippen LogP) is 5.96. The minimum Gasteiger partial charge on any atom is -0.497 e. The summed E-state index contributed by atoms with van der Waals surface area (Å²) in [5.74, 6) is 0.257. The van der Waals surface area contributed by atoms with E-state index in [1.807, 2.05) is 38.1 Å². The lowest BCUT2D eigenvalue weighted by Gasteiger charge is -2.19. The molecule has 0 aliphatic carbocycles. The Bertz CT molecular complexity index is 1300. The molecule has 3 aromatic carbocycles. The summed E-state index contributed by atoms with van der Waals surface area (Å²) in [7, 11) is 3.09. The van der Waals surface area contributed by atoms with E-state index in [0.29, 0.717) is 27.9 Å². The van der Waals surface area contributed by atoms with Gasteiger partial charge in [-0.15, -0.1) is 0 Å². The van der Waals surface area contributed by atoms with Crippen LogP contribution in [0.4, 0.5) is 11.4 Å². The zero-order valence-electron chi connectivity index (χ0n) is 19.1. The maximum Gasteiger partial charge on any atom is 0.283 e. The molecule has 174 valence electrons. The number of methoxy groups -OCH3 is 2. The molecule has 34 heavy (non-hydrogen) atoms. The molecule has 0 spiro atoms. The summed E-state index contributed by atoms with van der Waals surface area (Å²) < 4.78 is 10.7. The normalized spacial score (nSPS) is 13.5. The van der Waals surface area contributed by atoms with E-state index in [0.717, 1.165) is 16.0 Å². The molecular formula is C26H23ClN2O4S. The minimum absolute atomic E-state index is 0.175. The van der Waals surface area contributed by atoms with E-state index in [1.165, 1.54) is 23.8 Å². The number of hydrogen-bond donors (Lipinski definition) is 1. The highest BCUT2D eigenvalue weighted by Crippen LogP contribution is 2.40. The topological polar surface area (TPSA) is 67.9 Å². The first-order chi connectivity index (χ1) is 16.3. The number of hydrogen-bond acceptors (Lipinski definition) is 6. The average molecular weight is 495 g/mol. The number of carbonyl (C=O) groups is 2. The molecule has 3 aromatic rings. The Hall–Kier alpha value is -3.42. The van der Waals surface area contributed by atoms with Crippen molar-refractivity contribution in [2.75, 3.05) is 24.4 Å². The lowest BCUT2D eigenvalue weighted by atomic mass is 10.1. The van der Waals surface area contributed by atoms with Gasteiger partial charge in [-0.3, -0.25) is 9.59 Å². The number of ether oxygens (including phenoxy) is 2. The number of imide groups is 1. The van der Waals surface area contributed by atoms with Crippen molar-refractivity contribution in [2.45, 2.75) is 18.7 Å². The van der Waals surface area contributed by atoms with Crippen molar-refractivity contribution >= 4 is 46.6 Å². The van der Waals surface area contributed by atoms with Gasteiger partial charge in [0.05, 0.1) is 25.6 Å². The molecule has 0 unspecified atom stereocenters. The number of rotatable bonds is 7. The maximum absolute atomic E-state index is 13.6. The van der Waals surface area contributed by atoms with Crippen LogP contribution in [0.2, 0.25) is 5.02 Å². The van der Waals surface area contributed by atoms with Crippen LogP contribution in [0.15, 0.2) is 76.2 Å². The molecule has 6 nitrogen and oxygen atoms in total. The van der Waals surface area contributed by atoms with Crippen LogP contribution in [0.3, 0.4) is 0 Å². The van der Waals surface area contributed by atoms with Gasteiger partial charge in [-0.2, -0.15) is 0 Å². The third-order valence-corrected chi connectivity index (χ3v) is 6.90. The van der Waals surface area contributed by atoms with Crippen LogP contribution in [-0.2, 0) is 9.59 Å². The van der Waals surface area contributed by atoms with Gasteiger partial charge in [-0.25, -0.2) is 4.90 Å². The molecule has 0 radical (unpaired) electrons. The Balaban J connectivity index is 1.79. The number of carbonyl (C=O) groups excluding carboxylic acids is 2. The lowest BCUT2D eigenvalue weighted by molar-refractivity contribution is -0.120. The van der Waals surface area contributed by atoms with Crippen molar-refractivity contribution in [2.24, 2.45) is 0 Å². The van der Waals surface area contributed by atoms with Gasteiger partial charge >= 0.3 is 0 Å². The fourth-order valence-electron chi connectivity index (χ4n) is 3.57. The molecule has 0 fully saturated rings. The summed E-state index contributed by atoms with van der Waals surface area (Å²) in [6.07, 6.45) is 0. The van der Waals surface area contributed by atoms with Crippen LogP contribution in [-0.4, -0.2) is 26.0 Å². The first-order valence-corrected chi connectivity index (χ1v) is 11.6. The second-order valence-corrected chi connectivity index (χ2v) is 9.14.